The van der Waals surface area contributed by atoms with Crippen molar-refractivity contribution in [3.05, 3.63) is 34.9 Å². The lowest BCUT2D eigenvalue weighted by atomic mass is 9.97. The van der Waals surface area contributed by atoms with Crippen LogP contribution in [-0.2, 0) is 0 Å². The average Bonchev–Trinajstić information content (AvgIpc) is 2.40. The molecule has 0 aromatic heterocycles. The molecule has 0 aliphatic heterocycles. The van der Waals surface area contributed by atoms with E-state index in [1.54, 1.807) is 0 Å². The molecule has 0 saturated carbocycles. The molecule has 3 heteroatoms. The Labute approximate surface area is 127 Å². The van der Waals surface area contributed by atoms with Gasteiger partial charge < -0.3 is 10.4 Å². The Morgan fingerprint density at radius 1 is 1.38 bits per heavy atom. The molecule has 1 amide bonds. The minimum Gasteiger partial charge on any atom is -0.395 e. The van der Waals surface area contributed by atoms with Crippen LogP contribution in [0.3, 0.4) is 0 Å². The third-order valence-corrected chi connectivity index (χ3v) is 3.28. The van der Waals surface area contributed by atoms with Crippen molar-refractivity contribution in [1.82, 2.24) is 5.32 Å². The number of amides is 1. The third kappa shape index (κ3) is 5.61. The van der Waals surface area contributed by atoms with E-state index in [1.165, 1.54) is 0 Å². The van der Waals surface area contributed by atoms with Crippen molar-refractivity contribution in [1.29, 1.82) is 0 Å². The zero-order valence-corrected chi connectivity index (χ0v) is 13.4. The lowest BCUT2D eigenvalue weighted by Crippen LogP contribution is -2.43. The number of aliphatic hydroxyl groups is 1. The Morgan fingerprint density at radius 2 is 2.10 bits per heavy atom. The van der Waals surface area contributed by atoms with E-state index in [9.17, 15) is 4.79 Å². The molecule has 3 nitrogen and oxygen atoms in total. The van der Waals surface area contributed by atoms with Gasteiger partial charge in [-0.15, -0.1) is 0 Å². The van der Waals surface area contributed by atoms with Crippen molar-refractivity contribution in [3.8, 4) is 11.8 Å². The van der Waals surface area contributed by atoms with Crippen molar-refractivity contribution in [3.63, 3.8) is 0 Å². The number of benzene rings is 1. The van der Waals surface area contributed by atoms with E-state index in [-0.39, 0.29) is 18.1 Å². The van der Waals surface area contributed by atoms with E-state index >= 15 is 0 Å². The zero-order chi connectivity index (χ0) is 15.9. The molecule has 0 radical (unpaired) electrons. The molecule has 1 aromatic rings. The summed E-state index contributed by atoms with van der Waals surface area (Å²) in [7, 11) is 0. The van der Waals surface area contributed by atoms with E-state index < -0.39 is 0 Å². The molecule has 0 unspecified atom stereocenters. The number of aliphatic hydroxyl groups excluding tert-OH is 1. The summed E-state index contributed by atoms with van der Waals surface area (Å²) in [6.45, 7) is 8.16. The van der Waals surface area contributed by atoms with Gasteiger partial charge in [0.2, 0.25) is 0 Å². The highest BCUT2D eigenvalue weighted by atomic mass is 16.2. The van der Waals surface area contributed by atoms with Crippen LogP contribution in [0.15, 0.2) is 18.2 Å². The van der Waals surface area contributed by atoms with E-state index in [2.05, 4.69) is 24.1 Å². The van der Waals surface area contributed by atoms with Gasteiger partial charge in [0.25, 0.3) is 5.91 Å². The van der Waals surface area contributed by atoms with Crippen LogP contribution in [0.4, 0.5) is 0 Å². The second-order valence-corrected chi connectivity index (χ2v) is 5.89. The van der Waals surface area contributed by atoms with E-state index in [0.29, 0.717) is 12.0 Å². The number of aryl methyl sites for hydroxylation is 1. The lowest BCUT2D eigenvalue weighted by Gasteiger charge is -2.26. The minimum atomic E-state index is -0.211. The molecule has 0 bridgehead atoms. The predicted octanol–water partition coefficient (Wildman–Crippen LogP) is 3.04. The normalized spacial score (nSPS) is 10.7. The fraction of sp³-hybridized carbons (Fsp3) is 0.500. The van der Waals surface area contributed by atoms with Crippen molar-refractivity contribution < 1.29 is 9.90 Å². The molecule has 0 heterocycles. The van der Waals surface area contributed by atoms with Crippen LogP contribution in [0, 0.1) is 18.8 Å². The molecule has 2 N–H and O–H groups in total. The molecule has 21 heavy (non-hydrogen) atoms. The molecule has 0 saturated heterocycles. The summed E-state index contributed by atoms with van der Waals surface area (Å²) in [5, 5.41) is 11.8. The number of hydrogen-bond acceptors (Lipinski definition) is 2. The number of hydrogen-bond donors (Lipinski definition) is 2. The number of carbonyl (C=O) groups excluding carboxylic acids is 1. The molecular formula is C18H25NO2. The maximum atomic E-state index is 12.4. The Balaban J connectivity index is 2.94. The summed E-state index contributed by atoms with van der Waals surface area (Å²) in [4.78, 5) is 12.4. The largest absolute Gasteiger partial charge is 0.395 e. The van der Waals surface area contributed by atoms with Crippen LogP contribution in [0.25, 0.3) is 0 Å². The number of rotatable bonds is 5. The van der Waals surface area contributed by atoms with Crippen LogP contribution in [0.1, 0.15) is 61.5 Å². The van der Waals surface area contributed by atoms with Gasteiger partial charge in [0.15, 0.2) is 0 Å². The first-order valence-corrected chi connectivity index (χ1v) is 7.42. The van der Waals surface area contributed by atoms with Crippen molar-refractivity contribution in [2.75, 3.05) is 6.61 Å². The Morgan fingerprint density at radius 3 is 2.71 bits per heavy atom. The summed E-state index contributed by atoms with van der Waals surface area (Å²) in [6, 6.07) is 5.62. The second kappa shape index (κ2) is 7.85. The Bertz CT molecular complexity index is 550. The van der Waals surface area contributed by atoms with Gasteiger partial charge >= 0.3 is 0 Å². The van der Waals surface area contributed by atoms with Gasteiger partial charge in [-0.2, -0.15) is 0 Å². The maximum absolute atomic E-state index is 12.4. The van der Waals surface area contributed by atoms with E-state index in [0.717, 1.165) is 24.0 Å². The molecule has 0 atom stereocenters. The van der Waals surface area contributed by atoms with Crippen molar-refractivity contribution >= 4 is 5.91 Å². The first-order valence-electron chi connectivity index (χ1n) is 7.42. The summed E-state index contributed by atoms with van der Waals surface area (Å²) >= 11 is 0. The SMILES string of the molecule is CCCC(C)(C)NC(=O)c1cc(C#CCCO)ccc1C. The van der Waals surface area contributed by atoms with Gasteiger partial charge in [0.1, 0.15) is 0 Å². The van der Waals surface area contributed by atoms with Crippen LogP contribution < -0.4 is 5.32 Å². The topological polar surface area (TPSA) is 49.3 Å². The smallest absolute Gasteiger partial charge is 0.252 e. The third-order valence-electron chi connectivity index (χ3n) is 3.28. The predicted molar refractivity (Wildman–Crippen MR) is 86.2 cm³/mol. The van der Waals surface area contributed by atoms with Gasteiger partial charge in [-0.05, 0) is 44.9 Å². The maximum Gasteiger partial charge on any atom is 0.252 e. The average molecular weight is 287 g/mol. The molecule has 0 aliphatic rings. The summed E-state index contributed by atoms with van der Waals surface area (Å²) in [5.41, 5.74) is 2.19. The van der Waals surface area contributed by atoms with Crippen LogP contribution in [-0.4, -0.2) is 23.2 Å². The van der Waals surface area contributed by atoms with Gasteiger partial charge in [-0.25, -0.2) is 0 Å². The highest BCUT2D eigenvalue weighted by molar-refractivity contribution is 5.96. The zero-order valence-electron chi connectivity index (χ0n) is 13.4. The molecule has 1 rings (SSSR count). The number of carbonyl (C=O) groups is 1. The summed E-state index contributed by atoms with van der Waals surface area (Å²) in [6.07, 6.45) is 2.41. The minimum absolute atomic E-state index is 0.0530. The molecule has 0 fully saturated rings. The van der Waals surface area contributed by atoms with Gasteiger partial charge in [-0.1, -0.05) is 31.3 Å². The highest BCUT2D eigenvalue weighted by Crippen LogP contribution is 2.15. The van der Waals surface area contributed by atoms with E-state index in [1.807, 2.05) is 39.0 Å². The van der Waals surface area contributed by atoms with Crippen LogP contribution in [0.5, 0.6) is 0 Å². The quantitative estimate of drug-likeness (QED) is 0.818. The Hall–Kier alpha value is -1.79. The van der Waals surface area contributed by atoms with E-state index in [4.69, 9.17) is 5.11 Å². The number of nitrogens with one attached hydrogen (secondary N) is 1. The summed E-state index contributed by atoms with van der Waals surface area (Å²) in [5.74, 6) is 5.78. The molecule has 0 spiro atoms. The fourth-order valence-corrected chi connectivity index (χ4v) is 2.23. The van der Waals surface area contributed by atoms with Gasteiger partial charge in [0, 0.05) is 23.1 Å². The first-order chi connectivity index (χ1) is 9.89. The van der Waals surface area contributed by atoms with Gasteiger partial charge in [0.05, 0.1) is 6.61 Å². The Kier molecular flexibility index (Phi) is 6.45. The van der Waals surface area contributed by atoms with Crippen molar-refractivity contribution in [2.45, 2.75) is 52.5 Å². The molecule has 1 aromatic carbocycles. The van der Waals surface area contributed by atoms with Crippen LogP contribution in [0.2, 0.25) is 0 Å². The second-order valence-electron chi connectivity index (χ2n) is 5.89. The highest BCUT2D eigenvalue weighted by Gasteiger charge is 2.21. The first kappa shape index (κ1) is 17.3. The fourth-order valence-electron chi connectivity index (χ4n) is 2.23. The molecule has 0 aliphatic carbocycles. The van der Waals surface area contributed by atoms with Gasteiger partial charge in [-0.3, -0.25) is 4.79 Å². The molecule has 114 valence electrons. The van der Waals surface area contributed by atoms with Crippen molar-refractivity contribution in [2.24, 2.45) is 0 Å². The summed E-state index contributed by atoms with van der Waals surface area (Å²) < 4.78 is 0. The lowest BCUT2D eigenvalue weighted by molar-refractivity contribution is 0.0908. The monoisotopic (exact) mass is 287 g/mol. The molecular weight excluding hydrogens is 262 g/mol. The standard InChI is InChI=1S/C18H25NO2/c1-5-11-18(3,4)19-17(21)16-13-15(8-6-7-12-20)10-9-14(16)2/h9-10,13,20H,5,7,11-12H2,1-4H3,(H,19,21). The van der Waals surface area contributed by atoms with Crippen LogP contribution >= 0.6 is 0 Å².